The highest BCUT2D eigenvalue weighted by atomic mass is 35.5. The molecule has 9 heteroatoms. The molecule has 2 heterocycles. The number of anilines is 2. The molecule has 0 atom stereocenters. The Balaban J connectivity index is 0.00000256. The molecule has 0 radical (unpaired) electrons. The van der Waals surface area contributed by atoms with Crippen LogP contribution in [0.1, 0.15) is 5.56 Å². The Kier molecular flexibility index (Phi) is 6.87. The summed E-state index contributed by atoms with van der Waals surface area (Å²) < 4.78 is 25.5. The van der Waals surface area contributed by atoms with Crippen LogP contribution in [0.4, 0.5) is 15.9 Å². The quantitative estimate of drug-likeness (QED) is 0.417. The molecule has 0 saturated carbocycles. The predicted molar refractivity (Wildman–Crippen MR) is 117 cm³/mol. The first-order valence-electron chi connectivity index (χ1n) is 8.70. The van der Waals surface area contributed by atoms with E-state index >= 15 is 0 Å². The third-order valence-electron chi connectivity index (χ3n) is 4.25. The number of nitrogens with one attached hydrogen (secondary N) is 1. The largest absolute Gasteiger partial charge is 0.493 e. The molecule has 0 aliphatic rings. The van der Waals surface area contributed by atoms with Gasteiger partial charge in [-0.1, -0.05) is 11.6 Å². The standard InChI is InChI=1S/C21H16ClFN4O2.ClH/c1-28-19-9-15-18(10-20(19)29-11-13-4-6-24-7-5-13)25-12-26-21(15)27-17-3-2-14(22)8-16(17)23;/h2-10,12H,11H2,1H3,(H,25,26,27);1H. The maximum absolute atomic E-state index is 14.2. The minimum absolute atomic E-state index is 0. The predicted octanol–water partition coefficient (Wildman–Crippen LogP) is 5.57. The summed E-state index contributed by atoms with van der Waals surface area (Å²) in [5, 5.41) is 3.96. The van der Waals surface area contributed by atoms with Crippen molar-refractivity contribution in [1.29, 1.82) is 0 Å². The fourth-order valence-corrected chi connectivity index (χ4v) is 2.95. The number of ether oxygens (including phenoxy) is 2. The number of rotatable bonds is 6. The molecular formula is C21H17Cl2FN4O2. The van der Waals surface area contributed by atoms with Crippen LogP contribution in [0.5, 0.6) is 11.5 Å². The van der Waals surface area contributed by atoms with E-state index in [2.05, 4.69) is 20.3 Å². The van der Waals surface area contributed by atoms with Gasteiger partial charge in [0.1, 0.15) is 24.6 Å². The van der Waals surface area contributed by atoms with E-state index in [-0.39, 0.29) is 18.1 Å². The van der Waals surface area contributed by atoms with Gasteiger partial charge in [0.05, 0.1) is 18.3 Å². The fraction of sp³-hybridized carbons (Fsp3) is 0.0952. The van der Waals surface area contributed by atoms with Crippen LogP contribution >= 0.6 is 24.0 Å². The third kappa shape index (κ3) is 4.69. The van der Waals surface area contributed by atoms with Crippen LogP contribution in [0.25, 0.3) is 10.9 Å². The zero-order chi connectivity index (χ0) is 20.2. The van der Waals surface area contributed by atoms with Crippen molar-refractivity contribution in [1.82, 2.24) is 15.0 Å². The van der Waals surface area contributed by atoms with Gasteiger partial charge < -0.3 is 14.8 Å². The van der Waals surface area contributed by atoms with Crippen molar-refractivity contribution in [3.8, 4) is 11.5 Å². The molecule has 4 rings (SSSR count). The van der Waals surface area contributed by atoms with Crippen LogP contribution in [-0.4, -0.2) is 22.1 Å². The minimum atomic E-state index is -0.478. The second-order valence-electron chi connectivity index (χ2n) is 6.14. The third-order valence-corrected chi connectivity index (χ3v) is 4.48. The summed E-state index contributed by atoms with van der Waals surface area (Å²) in [5.74, 6) is 1.02. The Labute approximate surface area is 183 Å². The summed E-state index contributed by atoms with van der Waals surface area (Å²) in [4.78, 5) is 12.5. The molecular weight excluding hydrogens is 430 g/mol. The van der Waals surface area contributed by atoms with Gasteiger partial charge in [-0.05, 0) is 42.0 Å². The number of benzene rings is 2. The number of fused-ring (bicyclic) bond motifs is 1. The average Bonchev–Trinajstić information content (AvgIpc) is 2.74. The highest BCUT2D eigenvalue weighted by Crippen LogP contribution is 2.35. The summed E-state index contributed by atoms with van der Waals surface area (Å²) in [7, 11) is 1.55. The topological polar surface area (TPSA) is 69.2 Å². The van der Waals surface area contributed by atoms with Crippen LogP contribution in [0.15, 0.2) is 61.2 Å². The van der Waals surface area contributed by atoms with Crippen molar-refractivity contribution in [2.24, 2.45) is 0 Å². The zero-order valence-corrected chi connectivity index (χ0v) is 17.4. The lowest BCUT2D eigenvalue weighted by Crippen LogP contribution is -2.01. The lowest BCUT2D eigenvalue weighted by atomic mass is 10.2. The fourth-order valence-electron chi connectivity index (χ4n) is 2.79. The van der Waals surface area contributed by atoms with Gasteiger partial charge >= 0.3 is 0 Å². The SMILES string of the molecule is COc1cc2c(Nc3ccc(Cl)cc3F)ncnc2cc1OCc1ccncc1.Cl. The van der Waals surface area contributed by atoms with Crippen LogP contribution in [0.2, 0.25) is 5.02 Å². The lowest BCUT2D eigenvalue weighted by Gasteiger charge is -2.14. The summed E-state index contributed by atoms with van der Waals surface area (Å²) >= 11 is 5.82. The minimum Gasteiger partial charge on any atom is -0.493 e. The van der Waals surface area contributed by atoms with Crippen molar-refractivity contribution in [2.75, 3.05) is 12.4 Å². The lowest BCUT2D eigenvalue weighted by molar-refractivity contribution is 0.285. The van der Waals surface area contributed by atoms with Gasteiger partial charge in [0.15, 0.2) is 11.5 Å². The smallest absolute Gasteiger partial charge is 0.163 e. The molecule has 0 fully saturated rings. The van der Waals surface area contributed by atoms with E-state index in [4.69, 9.17) is 21.1 Å². The Hall–Kier alpha value is -3.16. The highest BCUT2D eigenvalue weighted by molar-refractivity contribution is 6.30. The second-order valence-corrected chi connectivity index (χ2v) is 6.57. The highest BCUT2D eigenvalue weighted by Gasteiger charge is 2.13. The van der Waals surface area contributed by atoms with Gasteiger partial charge in [-0.2, -0.15) is 0 Å². The maximum Gasteiger partial charge on any atom is 0.163 e. The Morgan fingerprint density at radius 3 is 2.57 bits per heavy atom. The van der Waals surface area contributed by atoms with Crippen molar-refractivity contribution < 1.29 is 13.9 Å². The van der Waals surface area contributed by atoms with Crippen LogP contribution in [-0.2, 0) is 6.61 Å². The van der Waals surface area contributed by atoms with E-state index in [9.17, 15) is 4.39 Å². The number of aromatic nitrogens is 3. The monoisotopic (exact) mass is 446 g/mol. The molecule has 0 aliphatic carbocycles. The molecule has 2 aromatic carbocycles. The normalized spacial score (nSPS) is 10.4. The molecule has 0 spiro atoms. The second kappa shape index (κ2) is 9.56. The van der Waals surface area contributed by atoms with Gasteiger partial charge in [-0.15, -0.1) is 12.4 Å². The number of nitrogens with zero attached hydrogens (tertiary/aromatic N) is 3. The van der Waals surface area contributed by atoms with Crippen molar-refractivity contribution in [3.63, 3.8) is 0 Å². The van der Waals surface area contributed by atoms with Gasteiger partial charge in [0.2, 0.25) is 0 Å². The first-order chi connectivity index (χ1) is 14.1. The average molecular weight is 447 g/mol. The molecule has 6 nitrogen and oxygen atoms in total. The van der Waals surface area contributed by atoms with Gasteiger partial charge in [0, 0.05) is 28.9 Å². The van der Waals surface area contributed by atoms with Crippen LogP contribution in [0, 0.1) is 5.82 Å². The summed E-state index contributed by atoms with van der Waals surface area (Å²) in [5.41, 5.74) is 1.86. The summed E-state index contributed by atoms with van der Waals surface area (Å²) in [6, 6.07) is 11.7. The van der Waals surface area contributed by atoms with E-state index < -0.39 is 5.82 Å². The van der Waals surface area contributed by atoms with Crippen molar-refractivity contribution >= 4 is 46.4 Å². The van der Waals surface area contributed by atoms with Crippen LogP contribution in [0.3, 0.4) is 0 Å². The van der Waals surface area contributed by atoms with Crippen LogP contribution < -0.4 is 14.8 Å². The number of hydrogen-bond donors (Lipinski definition) is 1. The molecule has 0 saturated heterocycles. The molecule has 2 aromatic heterocycles. The first kappa shape index (κ1) is 21.5. The number of hydrogen-bond acceptors (Lipinski definition) is 6. The number of methoxy groups -OCH3 is 1. The molecule has 0 aliphatic heterocycles. The molecule has 0 amide bonds. The molecule has 30 heavy (non-hydrogen) atoms. The molecule has 0 bridgehead atoms. The molecule has 154 valence electrons. The Morgan fingerprint density at radius 1 is 1.03 bits per heavy atom. The van der Waals surface area contributed by atoms with Gasteiger partial charge in [-0.25, -0.2) is 14.4 Å². The molecule has 0 unspecified atom stereocenters. The first-order valence-corrected chi connectivity index (χ1v) is 9.08. The van der Waals surface area contributed by atoms with Gasteiger partial charge in [-0.3, -0.25) is 4.98 Å². The zero-order valence-electron chi connectivity index (χ0n) is 15.8. The molecule has 4 aromatic rings. The Bertz CT molecular complexity index is 1160. The Morgan fingerprint density at radius 2 is 1.83 bits per heavy atom. The summed E-state index contributed by atoms with van der Waals surface area (Å²) in [6.45, 7) is 0.358. The van der Waals surface area contributed by atoms with E-state index in [1.54, 1.807) is 43.8 Å². The number of halogens is 3. The van der Waals surface area contributed by atoms with Crippen molar-refractivity contribution in [2.45, 2.75) is 6.61 Å². The number of pyridine rings is 1. The molecule has 1 N–H and O–H groups in total. The van der Waals surface area contributed by atoms with E-state index in [0.717, 1.165) is 5.56 Å². The van der Waals surface area contributed by atoms with E-state index in [0.29, 0.717) is 39.8 Å². The van der Waals surface area contributed by atoms with Gasteiger partial charge in [0.25, 0.3) is 0 Å². The maximum atomic E-state index is 14.2. The summed E-state index contributed by atoms with van der Waals surface area (Å²) in [6.07, 6.45) is 4.81. The van der Waals surface area contributed by atoms with Crippen molar-refractivity contribution in [3.05, 3.63) is 77.6 Å². The van der Waals surface area contributed by atoms with E-state index in [1.807, 2.05) is 12.1 Å². The van der Waals surface area contributed by atoms with E-state index in [1.165, 1.54) is 12.4 Å².